The lowest BCUT2D eigenvalue weighted by Gasteiger charge is -2.08. The first kappa shape index (κ1) is 15.0. The van der Waals surface area contributed by atoms with Crippen LogP contribution in [-0.4, -0.2) is 26.0 Å². The lowest BCUT2D eigenvalue weighted by molar-refractivity contribution is -0.135. The van der Waals surface area contributed by atoms with E-state index in [0.717, 1.165) is 11.1 Å². The Morgan fingerprint density at radius 1 is 1.10 bits per heavy atom. The lowest BCUT2D eigenvalue weighted by Crippen LogP contribution is -2.29. The third kappa shape index (κ3) is 3.59. The number of nitrogen functional groups attached to an aromatic ring is 1. The molecule has 21 heavy (non-hydrogen) atoms. The topological polar surface area (TPSA) is 109 Å². The first-order valence-corrected chi connectivity index (χ1v) is 7.55. The summed E-state index contributed by atoms with van der Waals surface area (Å²) in [7, 11) is -3.83. The van der Waals surface area contributed by atoms with Gasteiger partial charge in [0.15, 0.2) is 0 Å². The third-order valence-electron chi connectivity index (χ3n) is 2.85. The number of carbonyl (C=O) groups is 1. The largest absolute Gasteiger partial charge is 0.480 e. The van der Waals surface area contributed by atoms with Crippen molar-refractivity contribution >= 4 is 21.7 Å². The van der Waals surface area contributed by atoms with Crippen molar-refractivity contribution in [3.63, 3.8) is 0 Å². The Morgan fingerprint density at radius 2 is 1.71 bits per heavy atom. The fourth-order valence-electron chi connectivity index (χ4n) is 1.81. The van der Waals surface area contributed by atoms with E-state index in [1.807, 2.05) is 22.9 Å². The molecule has 0 unspecified atom stereocenters. The maximum Gasteiger partial charge on any atom is 0.318 e. The molecule has 6 nitrogen and oxygen atoms in total. The number of hydrogen-bond donors (Lipinski definition) is 3. The summed E-state index contributed by atoms with van der Waals surface area (Å²) in [5, 5.41) is 8.51. The number of benzene rings is 2. The van der Waals surface area contributed by atoms with E-state index < -0.39 is 22.5 Å². The summed E-state index contributed by atoms with van der Waals surface area (Å²) >= 11 is 0. The number of nitrogens with two attached hydrogens (primary N) is 1. The molecule has 0 saturated heterocycles. The number of carboxylic acid groups (broad SMARTS) is 1. The summed E-state index contributed by atoms with van der Waals surface area (Å²) in [4.78, 5) is 10.4. The van der Waals surface area contributed by atoms with Crippen LogP contribution in [0.3, 0.4) is 0 Å². The maximum absolute atomic E-state index is 11.9. The Bertz CT molecular complexity index is 755. The zero-order valence-corrected chi connectivity index (χ0v) is 11.8. The van der Waals surface area contributed by atoms with E-state index in [1.54, 1.807) is 18.2 Å². The Morgan fingerprint density at radius 3 is 2.29 bits per heavy atom. The molecular formula is C14H14N2O4S. The van der Waals surface area contributed by atoms with Gasteiger partial charge in [-0.15, -0.1) is 0 Å². The van der Waals surface area contributed by atoms with Crippen LogP contribution in [0.1, 0.15) is 0 Å². The average Bonchev–Trinajstić information content (AvgIpc) is 2.46. The van der Waals surface area contributed by atoms with Gasteiger partial charge in [-0.05, 0) is 23.8 Å². The van der Waals surface area contributed by atoms with Crippen molar-refractivity contribution in [3.8, 4) is 11.1 Å². The summed E-state index contributed by atoms with van der Waals surface area (Å²) in [6.45, 7) is -0.657. The minimum atomic E-state index is -3.83. The van der Waals surface area contributed by atoms with E-state index in [4.69, 9.17) is 10.8 Å². The molecule has 7 heteroatoms. The predicted molar refractivity (Wildman–Crippen MR) is 79.1 cm³/mol. The molecule has 2 aromatic rings. The molecule has 0 spiro atoms. The number of rotatable bonds is 5. The summed E-state index contributed by atoms with van der Waals surface area (Å²) in [6, 6.07) is 13.3. The van der Waals surface area contributed by atoms with Crippen molar-refractivity contribution in [2.75, 3.05) is 12.3 Å². The first-order valence-electron chi connectivity index (χ1n) is 6.06. The monoisotopic (exact) mass is 306 g/mol. The van der Waals surface area contributed by atoms with Crippen LogP contribution < -0.4 is 10.5 Å². The van der Waals surface area contributed by atoms with Crippen LogP contribution in [0.2, 0.25) is 0 Å². The van der Waals surface area contributed by atoms with Gasteiger partial charge in [0, 0.05) is 11.3 Å². The molecule has 0 radical (unpaired) electrons. The molecule has 0 atom stereocenters. The van der Waals surface area contributed by atoms with E-state index in [9.17, 15) is 13.2 Å². The van der Waals surface area contributed by atoms with Crippen LogP contribution in [0, 0.1) is 0 Å². The van der Waals surface area contributed by atoms with Crippen LogP contribution in [0.5, 0.6) is 0 Å². The Kier molecular flexibility index (Phi) is 4.25. The average molecular weight is 306 g/mol. The van der Waals surface area contributed by atoms with E-state index in [0.29, 0.717) is 5.69 Å². The fourth-order valence-corrected chi connectivity index (χ4v) is 2.79. The second-order valence-corrected chi connectivity index (χ2v) is 6.10. The van der Waals surface area contributed by atoms with E-state index in [-0.39, 0.29) is 4.90 Å². The quantitative estimate of drug-likeness (QED) is 0.721. The first-order chi connectivity index (χ1) is 9.90. The van der Waals surface area contributed by atoms with Gasteiger partial charge in [-0.1, -0.05) is 30.3 Å². The second-order valence-electron chi connectivity index (χ2n) is 4.33. The molecule has 0 aliphatic carbocycles. The van der Waals surface area contributed by atoms with Gasteiger partial charge in [0.1, 0.15) is 6.54 Å². The van der Waals surface area contributed by atoms with Gasteiger partial charge in [0.25, 0.3) is 0 Å². The number of carboxylic acids is 1. The van der Waals surface area contributed by atoms with Crippen molar-refractivity contribution in [2.45, 2.75) is 4.90 Å². The standard InChI is InChI=1S/C14H14N2O4S/c15-13-4-2-1-3-12(13)10-5-7-11(8-6-10)21(19,20)16-9-14(17)18/h1-8,16H,9,15H2,(H,17,18). The summed E-state index contributed by atoms with van der Waals surface area (Å²) in [5.74, 6) is -1.24. The van der Waals surface area contributed by atoms with Crippen LogP contribution in [0.25, 0.3) is 11.1 Å². The molecule has 0 heterocycles. The molecule has 2 rings (SSSR count). The molecule has 0 bridgehead atoms. The number of anilines is 1. The van der Waals surface area contributed by atoms with Crippen molar-refractivity contribution in [3.05, 3.63) is 48.5 Å². The van der Waals surface area contributed by atoms with Crippen LogP contribution >= 0.6 is 0 Å². The van der Waals surface area contributed by atoms with Crippen molar-refractivity contribution in [1.82, 2.24) is 4.72 Å². The molecule has 2 aromatic carbocycles. The van der Waals surface area contributed by atoms with Gasteiger partial charge in [-0.25, -0.2) is 8.42 Å². The van der Waals surface area contributed by atoms with Crippen LogP contribution in [-0.2, 0) is 14.8 Å². The third-order valence-corrected chi connectivity index (χ3v) is 4.27. The fraction of sp³-hybridized carbons (Fsp3) is 0.0714. The highest BCUT2D eigenvalue weighted by Crippen LogP contribution is 2.26. The van der Waals surface area contributed by atoms with Gasteiger partial charge in [-0.2, -0.15) is 4.72 Å². The molecule has 0 aliphatic rings. The molecule has 0 aliphatic heterocycles. The molecule has 4 N–H and O–H groups in total. The molecule has 0 saturated carbocycles. The van der Waals surface area contributed by atoms with Gasteiger partial charge >= 0.3 is 5.97 Å². The summed E-state index contributed by atoms with van der Waals surface area (Å²) in [6.07, 6.45) is 0. The highest BCUT2D eigenvalue weighted by atomic mass is 32.2. The summed E-state index contributed by atoms with van der Waals surface area (Å²) < 4.78 is 25.7. The Labute approximate surface area is 122 Å². The number of sulfonamides is 1. The highest BCUT2D eigenvalue weighted by Gasteiger charge is 2.15. The zero-order chi connectivity index (χ0) is 15.5. The predicted octanol–water partition coefficient (Wildman–Crippen LogP) is 1.30. The Hall–Kier alpha value is -2.38. The Balaban J connectivity index is 2.27. The van der Waals surface area contributed by atoms with Crippen molar-refractivity contribution in [1.29, 1.82) is 0 Å². The zero-order valence-electron chi connectivity index (χ0n) is 11.0. The second kappa shape index (κ2) is 5.94. The number of aliphatic carboxylic acids is 1. The van der Waals surface area contributed by atoms with Gasteiger partial charge in [0.2, 0.25) is 10.0 Å². The van der Waals surface area contributed by atoms with Crippen molar-refractivity contribution < 1.29 is 18.3 Å². The highest BCUT2D eigenvalue weighted by molar-refractivity contribution is 7.89. The maximum atomic E-state index is 11.9. The smallest absolute Gasteiger partial charge is 0.318 e. The molecule has 0 aromatic heterocycles. The number of hydrogen-bond acceptors (Lipinski definition) is 4. The SMILES string of the molecule is Nc1ccccc1-c1ccc(S(=O)(=O)NCC(=O)O)cc1. The van der Waals surface area contributed by atoms with Gasteiger partial charge < -0.3 is 10.8 Å². The molecule has 110 valence electrons. The summed E-state index contributed by atoms with van der Waals surface area (Å²) in [5.41, 5.74) is 8.04. The normalized spacial score (nSPS) is 11.2. The minimum Gasteiger partial charge on any atom is -0.480 e. The number of nitrogens with one attached hydrogen (secondary N) is 1. The van der Waals surface area contributed by atoms with Crippen LogP contribution in [0.4, 0.5) is 5.69 Å². The van der Waals surface area contributed by atoms with E-state index >= 15 is 0 Å². The van der Waals surface area contributed by atoms with E-state index in [1.165, 1.54) is 12.1 Å². The molecule has 0 fully saturated rings. The lowest BCUT2D eigenvalue weighted by atomic mass is 10.0. The van der Waals surface area contributed by atoms with E-state index in [2.05, 4.69) is 0 Å². The van der Waals surface area contributed by atoms with Crippen LogP contribution in [0.15, 0.2) is 53.4 Å². The van der Waals surface area contributed by atoms with Gasteiger partial charge in [-0.3, -0.25) is 4.79 Å². The molecular weight excluding hydrogens is 292 g/mol. The minimum absolute atomic E-state index is 0.00185. The van der Waals surface area contributed by atoms with Crippen molar-refractivity contribution in [2.24, 2.45) is 0 Å². The van der Waals surface area contributed by atoms with Gasteiger partial charge in [0.05, 0.1) is 4.90 Å². The molecule has 0 amide bonds. The number of para-hydroxylation sites is 1.